The van der Waals surface area contributed by atoms with Crippen molar-refractivity contribution in [1.82, 2.24) is 9.80 Å². The van der Waals surface area contributed by atoms with Crippen LogP contribution in [-0.2, 0) is 6.54 Å². The summed E-state index contributed by atoms with van der Waals surface area (Å²) in [6, 6.07) is 4.78. The van der Waals surface area contributed by atoms with Crippen molar-refractivity contribution >= 4 is 11.6 Å². The number of hydrogen-bond donors (Lipinski definition) is 0. The van der Waals surface area contributed by atoms with E-state index in [1.165, 1.54) is 6.07 Å². The number of benzene rings is 1. The lowest BCUT2D eigenvalue weighted by molar-refractivity contribution is -0.385. The summed E-state index contributed by atoms with van der Waals surface area (Å²) in [7, 11) is 3.85. The second-order valence-corrected chi connectivity index (χ2v) is 4.60. The zero-order chi connectivity index (χ0) is 13.3. The molecule has 1 aromatic rings. The van der Waals surface area contributed by atoms with E-state index in [1.54, 1.807) is 17.0 Å². The number of hydrogen-bond acceptors (Lipinski definition) is 4. The molecule has 0 atom stereocenters. The van der Waals surface area contributed by atoms with Crippen LogP contribution in [0.25, 0.3) is 0 Å². The summed E-state index contributed by atoms with van der Waals surface area (Å²) in [5.41, 5.74) is 0.902. The first kappa shape index (κ1) is 12.5. The van der Waals surface area contributed by atoms with E-state index in [0.717, 1.165) is 12.1 Å². The van der Waals surface area contributed by atoms with E-state index < -0.39 is 4.92 Å². The molecule has 1 heterocycles. The van der Waals surface area contributed by atoms with Crippen LogP contribution in [0, 0.1) is 10.1 Å². The third-order valence-corrected chi connectivity index (χ3v) is 3.00. The lowest BCUT2D eigenvalue weighted by atomic mass is 10.1. The normalized spacial score (nSPS) is 14.2. The van der Waals surface area contributed by atoms with Crippen molar-refractivity contribution in [3.05, 3.63) is 39.4 Å². The highest BCUT2D eigenvalue weighted by Gasteiger charge is 2.33. The quantitative estimate of drug-likeness (QED) is 0.592. The summed E-state index contributed by atoms with van der Waals surface area (Å²) < 4.78 is 0. The first-order valence-corrected chi connectivity index (χ1v) is 5.71. The third-order valence-electron chi connectivity index (χ3n) is 3.00. The molecule has 0 aliphatic carbocycles. The summed E-state index contributed by atoms with van der Waals surface area (Å²) >= 11 is 0. The lowest BCUT2D eigenvalue weighted by Gasteiger charge is -2.18. The van der Waals surface area contributed by atoms with Crippen molar-refractivity contribution in [2.24, 2.45) is 0 Å². The van der Waals surface area contributed by atoms with E-state index in [4.69, 9.17) is 0 Å². The van der Waals surface area contributed by atoms with E-state index in [-0.39, 0.29) is 17.2 Å². The predicted molar refractivity (Wildman–Crippen MR) is 66.4 cm³/mol. The van der Waals surface area contributed by atoms with Gasteiger partial charge in [0.05, 0.1) is 4.92 Å². The van der Waals surface area contributed by atoms with Crippen LogP contribution < -0.4 is 0 Å². The van der Waals surface area contributed by atoms with Crippen molar-refractivity contribution in [2.45, 2.75) is 6.54 Å². The number of nitrogens with zero attached hydrogens (tertiary/aromatic N) is 3. The van der Waals surface area contributed by atoms with E-state index in [2.05, 4.69) is 0 Å². The Morgan fingerprint density at radius 3 is 2.78 bits per heavy atom. The number of likely N-dealkylation sites (N-methyl/N-ethyl adjacent to an activating group) is 1. The maximum Gasteiger partial charge on any atom is 0.282 e. The average molecular weight is 249 g/mol. The van der Waals surface area contributed by atoms with Gasteiger partial charge in [-0.05, 0) is 19.7 Å². The molecule has 1 amide bonds. The Hall–Kier alpha value is -1.95. The molecular weight excluding hydrogens is 234 g/mol. The molecule has 1 aliphatic rings. The monoisotopic (exact) mass is 249 g/mol. The van der Waals surface area contributed by atoms with Crippen LogP contribution >= 0.6 is 0 Å². The van der Waals surface area contributed by atoms with Crippen molar-refractivity contribution in [3.8, 4) is 0 Å². The molecule has 0 saturated carbocycles. The molecule has 0 N–H and O–H groups in total. The van der Waals surface area contributed by atoms with Crippen molar-refractivity contribution in [3.63, 3.8) is 0 Å². The van der Waals surface area contributed by atoms with Gasteiger partial charge in [-0.1, -0.05) is 12.1 Å². The summed E-state index contributed by atoms with van der Waals surface area (Å²) in [6.07, 6.45) is 0. The third kappa shape index (κ3) is 2.19. The van der Waals surface area contributed by atoms with Crippen LogP contribution in [-0.4, -0.2) is 47.8 Å². The minimum Gasteiger partial charge on any atom is -0.333 e. The van der Waals surface area contributed by atoms with Gasteiger partial charge >= 0.3 is 0 Å². The largest absolute Gasteiger partial charge is 0.333 e. The van der Waals surface area contributed by atoms with Gasteiger partial charge in [0.2, 0.25) is 0 Å². The second kappa shape index (κ2) is 4.73. The van der Waals surface area contributed by atoms with Gasteiger partial charge in [-0.15, -0.1) is 0 Å². The number of nitro groups is 1. The molecule has 1 aromatic carbocycles. The van der Waals surface area contributed by atoms with E-state index >= 15 is 0 Å². The van der Waals surface area contributed by atoms with Gasteiger partial charge in [-0.3, -0.25) is 14.9 Å². The van der Waals surface area contributed by atoms with Gasteiger partial charge < -0.3 is 9.80 Å². The summed E-state index contributed by atoms with van der Waals surface area (Å²) in [5, 5.41) is 10.9. The van der Waals surface area contributed by atoms with Gasteiger partial charge in [0, 0.05) is 25.7 Å². The smallest absolute Gasteiger partial charge is 0.282 e. The molecule has 0 bridgehead atoms. The number of amides is 1. The first-order valence-electron chi connectivity index (χ1n) is 5.71. The van der Waals surface area contributed by atoms with Crippen LogP contribution in [0.1, 0.15) is 15.9 Å². The molecule has 0 fully saturated rings. The first-order chi connectivity index (χ1) is 8.50. The van der Waals surface area contributed by atoms with Gasteiger partial charge in [-0.2, -0.15) is 0 Å². The molecular formula is C12H15N3O3. The summed E-state index contributed by atoms with van der Waals surface area (Å²) in [6.45, 7) is 1.79. The second-order valence-electron chi connectivity index (χ2n) is 4.60. The van der Waals surface area contributed by atoms with Crippen LogP contribution in [0.15, 0.2) is 18.2 Å². The number of nitro benzene ring substituents is 1. The minimum absolute atomic E-state index is 0.0927. The maximum atomic E-state index is 12.1. The van der Waals surface area contributed by atoms with Crippen LogP contribution in [0.5, 0.6) is 0 Å². The van der Waals surface area contributed by atoms with Gasteiger partial charge in [0.15, 0.2) is 0 Å². The fourth-order valence-corrected chi connectivity index (χ4v) is 2.05. The molecule has 1 aliphatic heterocycles. The molecule has 0 radical (unpaired) electrons. The highest BCUT2D eigenvalue weighted by Crippen LogP contribution is 2.30. The Balaban J connectivity index is 2.25. The van der Waals surface area contributed by atoms with Crippen molar-refractivity contribution in [1.29, 1.82) is 0 Å². The molecule has 18 heavy (non-hydrogen) atoms. The van der Waals surface area contributed by atoms with Crippen LogP contribution in [0.4, 0.5) is 5.69 Å². The molecule has 6 nitrogen and oxygen atoms in total. The average Bonchev–Trinajstić information content (AvgIpc) is 2.63. The Kier molecular flexibility index (Phi) is 3.29. The predicted octanol–water partition coefficient (Wildman–Crippen LogP) is 1.11. The number of carbonyl (C=O) groups is 1. The Morgan fingerprint density at radius 1 is 1.44 bits per heavy atom. The Morgan fingerprint density at radius 2 is 2.17 bits per heavy atom. The van der Waals surface area contributed by atoms with E-state index in [1.807, 2.05) is 19.0 Å². The van der Waals surface area contributed by atoms with Crippen LogP contribution in [0.3, 0.4) is 0 Å². The van der Waals surface area contributed by atoms with Gasteiger partial charge in [0.1, 0.15) is 5.56 Å². The topological polar surface area (TPSA) is 66.7 Å². The van der Waals surface area contributed by atoms with Crippen molar-refractivity contribution in [2.75, 3.05) is 27.2 Å². The fourth-order valence-electron chi connectivity index (χ4n) is 2.05. The molecule has 0 saturated heterocycles. The number of fused-ring (bicyclic) bond motifs is 1. The van der Waals surface area contributed by atoms with Crippen LogP contribution in [0.2, 0.25) is 0 Å². The Labute approximate surface area is 105 Å². The lowest BCUT2D eigenvalue weighted by Crippen LogP contribution is -2.32. The minimum atomic E-state index is -0.494. The maximum absolute atomic E-state index is 12.1. The molecule has 0 unspecified atom stereocenters. The van der Waals surface area contributed by atoms with Crippen molar-refractivity contribution < 1.29 is 9.72 Å². The van der Waals surface area contributed by atoms with Gasteiger partial charge in [-0.25, -0.2) is 0 Å². The molecule has 96 valence electrons. The van der Waals surface area contributed by atoms with E-state index in [0.29, 0.717) is 13.1 Å². The molecule has 0 spiro atoms. The molecule has 0 aromatic heterocycles. The Bertz CT molecular complexity index is 499. The summed E-state index contributed by atoms with van der Waals surface area (Å²) in [5.74, 6) is -0.237. The standard InChI is InChI=1S/C12H15N3O3/c1-13(2)6-7-14-8-9-4-3-5-10(15(17)18)11(9)12(14)16/h3-5H,6-8H2,1-2H3. The SMILES string of the molecule is CN(C)CCN1Cc2cccc([N+](=O)[O-])c2C1=O. The fraction of sp³-hybridized carbons (Fsp3) is 0.417. The highest BCUT2D eigenvalue weighted by atomic mass is 16.6. The summed E-state index contributed by atoms with van der Waals surface area (Å²) in [4.78, 5) is 26.2. The van der Waals surface area contributed by atoms with Gasteiger partial charge in [0.25, 0.3) is 11.6 Å². The number of carbonyl (C=O) groups excluding carboxylic acids is 1. The zero-order valence-corrected chi connectivity index (χ0v) is 10.4. The van der Waals surface area contributed by atoms with E-state index in [9.17, 15) is 14.9 Å². The zero-order valence-electron chi connectivity index (χ0n) is 10.4. The highest BCUT2D eigenvalue weighted by molar-refractivity contribution is 6.02. The molecule has 6 heteroatoms. The molecule has 2 rings (SSSR count). The number of rotatable bonds is 4.